The van der Waals surface area contributed by atoms with Crippen LogP contribution >= 0.6 is 0 Å². The second-order valence-electron chi connectivity index (χ2n) is 11.3. The van der Waals surface area contributed by atoms with Gasteiger partial charge in [0, 0.05) is 47.0 Å². The van der Waals surface area contributed by atoms with Gasteiger partial charge in [-0.05, 0) is 77.9 Å². The minimum Gasteiger partial charge on any atom is -0.457 e. The standard InChI is InChI=1S/C30H36N4O/c1-29(2,3)32-18-17-31(21-32)23-11-9-13-25(19-23)35-26-14-10-12-24(20-26)33-22-34(30(4,5)6)28-16-8-7-15-27(28)33/h7-20H,21-22H2,1-6H3. The fourth-order valence-electron chi connectivity index (χ4n) is 4.61. The van der Waals surface area contributed by atoms with Crippen LogP contribution in [0.2, 0.25) is 0 Å². The van der Waals surface area contributed by atoms with Crippen LogP contribution in [0.3, 0.4) is 0 Å². The molecule has 0 spiro atoms. The number of anilines is 4. The van der Waals surface area contributed by atoms with Crippen molar-refractivity contribution in [1.29, 1.82) is 0 Å². The Morgan fingerprint density at radius 1 is 0.629 bits per heavy atom. The quantitative estimate of drug-likeness (QED) is 0.393. The van der Waals surface area contributed by atoms with Crippen molar-refractivity contribution >= 4 is 22.7 Å². The fourth-order valence-corrected chi connectivity index (χ4v) is 4.61. The summed E-state index contributed by atoms with van der Waals surface area (Å²) in [5.41, 5.74) is 4.87. The van der Waals surface area contributed by atoms with Gasteiger partial charge in [0.15, 0.2) is 0 Å². The molecule has 182 valence electrons. The maximum Gasteiger partial charge on any atom is 0.129 e. The van der Waals surface area contributed by atoms with Crippen LogP contribution in [-0.4, -0.2) is 29.3 Å². The summed E-state index contributed by atoms with van der Waals surface area (Å²) >= 11 is 0. The van der Waals surface area contributed by atoms with Crippen molar-refractivity contribution in [1.82, 2.24) is 4.90 Å². The average molecular weight is 469 g/mol. The lowest BCUT2D eigenvalue weighted by molar-refractivity contribution is 0.223. The third-order valence-electron chi connectivity index (χ3n) is 6.66. The maximum absolute atomic E-state index is 6.35. The van der Waals surface area contributed by atoms with Crippen molar-refractivity contribution < 1.29 is 4.74 Å². The van der Waals surface area contributed by atoms with Crippen LogP contribution in [0.4, 0.5) is 22.7 Å². The molecule has 3 aromatic rings. The van der Waals surface area contributed by atoms with Gasteiger partial charge in [0.05, 0.1) is 24.7 Å². The van der Waals surface area contributed by atoms with E-state index in [2.05, 4.69) is 134 Å². The number of rotatable bonds is 4. The number of fused-ring (bicyclic) bond motifs is 1. The Balaban J connectivity index is 1.36. The molecule has 0 saturated carbocycles. The van der Waals surface area contributed by atoms with Crippen LogP contribution in [-0.2, 0) is 0 Å². The summed E-state index contributed by atoms with van der Waals surface area (Å²) < 4.78 is 6.35. The van der Waals surface area contributed by atoms with Crippen LogP contribution in [0, 0.1) is 0 Å². The molecule has 5 rings (SSSR count). The second-order valence-corrected chi connectivity index (χ2v) is 11.3. The number of benzene rings is 3. The first-order chi connectivity index (χ1) is 16.6. The SMILES string of the molecule is CC(C)(C)N1C=CN(c2cccc(Oc3cccc(N4CN(C(C)(C)C)c5ccccc54)c3)c2)C1. The van der Waals surface area contributed by atoms with Crippen molar-refractivity contribution in [2.45, 2.75) is 52.6 Å². The monoisotopic (exact) mass is 468 g/mol. The van der Waals surface area contributed by atoms with Gasteiger partial charge in [-0.25, -0.2) is 0 Å². The molecule has 0 bridgehead atoms. The normalized spacial score (nSPS) is 15.7. The van der Waals surface area contributed by atoms with Crippen LogP contribution in [0.15, 0.2) is 85.2 Å². The summed E-state index contributed by atoms with van der Waals surface area (Å²) in [6.07, 6.45) is 4.29. The molecule has 0 amide bonds. The Morgan fingerprint density at radius 2 is 1.26 bits per heavy atom. The van der Waals surface area contributed by atoms with E-state index >= 15 is 0 Å². The van der Waals surface area contributed by atoms with E-state index in [1.807, 2.05) is 12.1 Å². The predicted molar refractivity (Wildman–Crippen MR) is 147 cm³/mol. The van der Waals surface area contributed by atoms with Gasteiger partial charge in [-0.3, -0.25) is 0 Å². The van der Waals surface area contributed by atoms with Crippen LogP contribution in [0.1, 0.15) is 41.5 Å². The fraction of sp³-hybridized carbons (Fsp3) is 0.333. The highest BCUT2D eigenvalue weighted by molar-refractivity contribution is 5.83. The first kappa shape index (κ1) is 23.2. The zero-order valence-electron chi connectivity index (χ0n) is 21.7. The molecule has 2 aliphatic heterocycles. The second kappa shape index (κ2) is 8.56. The minimum atomic E-state index is 0.0337. The molecule has 0 N–H and O–H groups in total. The van der Waals surface area contributed by atoms with E-state index in [0.717, 1.165) is 36.2 Å². The van der Waals surface area contributed by atoms with Gasteiger partial charge < -0.3 is 24.3 Å². The number of hydrogen-bond acceptors (Lipinski definition) is 5. The van der Waals surface area contributed by atoms with Crippen molar-refractivity contribution in [2.75, 3.05) is 28.0 Å². The Bertz CT molecular complexity index is 1240. The largest absolute Gasteiger partial charge is 0.457 e. The molecule has 0 aliphatic carbocycles. The van der Waals surface area contributed by atoms with Gasteiger partial charge in [-0.15, -0.1) is 0 Å². The number of nitrogens with zero attached hydrogens (tertiary/aromatic N) is 4. The lowest BCUT2D eigenvalue weighted by Crippen LogP contribution is -2.42. The van der Waals surface area contributed by atoms with E-state index in [-0.39, 0.29) is 11.1 Å². The van der Waals surface area contributed by atoms with Crippen LogP contribution < -0.4 is 19.4 Å². The summed E-state index contributed by atoms with van der Waals surface area (Å²) in [5, 5.41) is 0. The topological polar surface area (TPSA) is 22.2 Å². The van der Waals surface area contributed by atoms with Crippen molar-refractivity contribution in [3.63, 3.8) is 0 Å². The zero-order valence-corrected chi connectivity index (χ0v) is 21.7. The third-order valence-corrected chi connectivity index (χ3v) is 6.66. The summed E-state index contributed by atoms with van der Waals surface area (Å²) in [4.78, 5) is 9.39. The Labute approximate surface area is 209 Å². The molecule has 0 atom stereocenters. The molecular formula is C30H36N4O. The number of ether oxygens (including phenoxy) is 1. The molecule has 0 fully saturated rings. The Morgan fingerprint density at radius 3 is 1.89 bits per heavy atom. The van der Waals surface area contributed by atoms with Gasteiger partial charge in [-0.2, -0.15) is 0 Å². The lowest BCUT2D eigenvalue weighted by atomic mass is 10.1. The first-order valence-electron chi connectivity index (χ1n) is 12.3. The highest BCUT2D eigenvalue weighted by atomic mass is 16.5. The third kappa shape index (κ3) is 4.68. The molecule has 3 aromatic carbocycles. The van der Waals surface area contributed by atoms with Crippen LogP contribution in [0.25, 0.3) is 0 Å². The molecule has 35 heavy (non-hydrogen) atoms. The van der Waals surface area contributed by atoms with E-state index in [4.69, 9.17) is 4.74 Å². The molecular weight excluding hydrogens is 432 g/mol. The van der Waals surface area contributed by atoms with E-state index in [9.17, 15) is 0 Å². The first-order valence-corrected chi connectivity index (χ1v) is 12.3. The predicted octanol–water partition coefficient (Wildman–Crippen LogP) is 7.54. The van der Waals surface area contributed by atoms with Crippen molar-refractivity contribution in [3.05, 3.63) is 85.2 Å². The summed E-state index contributed by atoms with van der Waals surface area (Å²) in [6, 6.07) is 25.3. The van der Waals surface area contributed by atoms with E-state index < -0.39 is 0 Å². The van der Waals surface area contributed by atoms with Crippen molar-refractivity contribution in [3.8, 4) is 11.5 Å². The van der Waals surface area contributed by atoms with E-state index in [1.54, 1.807) is 0 Å². The average Bonchev–Trinajstić information content (AvgIpc) is 3.45. The van der Waals surface area contributed by atoms with Gasteiger partial charge in [0.1, 0.15) is 11.5 Å². The van der Waals surface area contributed by atoms with Crippen molar-refractivity contribution in [2.24, 2.45) is 0 Å². The van der Waals surface area contributed by atoms with Gasteiger partial charge in [0.25, 0.3) is 0 Å². The zero-order chi connectivity index (χ0) is 24.8. The minimum absolute atomic E-state index is 0.0337. The van der Waals surface area contributed by atoms with Crippen LogP contribution in [0.5, 0.6) is 11.5 Å². The molecule has 0 radical (unpaired) electrons. The summed E-state index contributed by atoms with van der Waals surface area (Å²) in [5.74, 6) is 1.67. The Kier molecular flexibility index (Phi) is 5.66. The van der Waals surface area contributed by atoms with E-state index in [0.29, 0.717) is 0 Å². The highest BCUT2D eigenvalue weighted by Gasteiger charge is 2.33. The molecule has 2 heterocycles. The lowest BCUT2D eigenvalue weighted by Gasteiger charge is -2.34. The molecule has 2 aliphatic rings. The number of para-hydroxylation sites is 2. The highest BCUT2D eigenvalue weighted by Crippen LogP contribution is 2.44. The smallest absolute Gasteiger partial charge is 0.129 e. The molecule has 0 unspecified atom stereocenters. The molecule has 5 heteroatoms. The molecule has 0 saturated heterocycles. The summed E-state index contributed by atoms with van der Waals surface area (Å²) in [7, 11) is 0. The molecule has 0 aromatic heterocycles. The van der Waals surface area contributed by atoms with E-state index in [1.165, 1.54) is 11.4 Å². The van der Waals surface area contributed by atoms with Gasteiger partial charge >= 0.3 is 0 Å². The number of hydrogen-bond donors (Lipinski definition) is 0. The van der Waals surface area contributed by atoms with Gasteiger partial charge in [-0.1, -0.05) is 24.3 Å². The maximum atomic E-state index is 6.35. The Hall–Kier alpha value is -3.60. The van der Waals surface area contributed by atoms with Gasteiger partial charge in [0.2, 0.25) is 0 Å². The molecule has 5 nitrogen and oxygen atoms in total. The summed E-state index contributed by atoms with van der Waals surface area (Å²) in [6.45, 7) is 15.1.